The van der Waals surface area contributed by atoms with Crippen LogP contribution in [0.3, 0.4) is 0 Å². The monoisotopic (exact) mass is 1380 g/mol. The van der Waals surface area contributed by atoms with Crippen LogP contribution < -0.4 is 9.47 Å². The SMILES string of the molecule is c1ccc(-c2nc(-c3ccc(-c4ccc5c(c4)Oc4cc(-c6cccc(-c7nc(-c8ccc(-c9ccc%10c(c9)Oc9ccccc9C%109c%10ccccc%10-c%10ccccc%109)cc8)cc(-c8ccc9c(c8)sc8ccccc89)n7)c6)ccc4C54c5ccccc5-c5ccccc54)cc3)cc(-c3ccccn3)n2)cc1. The molecule has 498 valence electrons. The molecule has 7 nitrogen and oxygen atoms in total. The molecule has 14 aromatic carbocycles. The van der Waals surface area contributed by atoms with Gasteiger partial charge in [0.2, 0.25) is 0 Å². The zero-order chi connectivity index (χ0) is 70.3. The molecule has 2 spiro atoms. The molecule has 4 aliphatic rings. The van der Waals surface area contributed by atoms with Gasteiger partial charge < -0.3 is 9.47 Å². The summed E-state index contributed by atoms with van der Waals surface area (Å²) >= 11 is 1.81. The van der Waals surface area contributed by atoms with Crippen molar-refractivity contribution in [2.45, 2.75) is 10.8 Å². The van der Waals surface area contributed by atoms with Crippen LogP contribution >= 0.6 is 11.3 Å². The van der Waals surface area contributed by atoms with Crippen LogP contribution in [0.15, 0.2) is 358 Å². The molecule has 0 saturated heterocycles. The Balaban J connectivity index is 0.632. The maximum absolute atomic E-state index is 7.38. The van der Waals surface area contributed by atoms with E-state index in [-0.39, 0.29) is 0 Å². The molecule has 0 unspecified atom stereocenters. The Hall–Kier alpha value is -13.8. The van der Waals surface area contributed by atoms with E-state index in [9.17, 15) is 0 Å². The second-order valence-electron chi connectivity index (χ2n) is 28.1. The largest absolute Gasteiger partial charge is 0.457 e. The van der Waals surface area contributed by atoms with Crippen LogP contribution in [0.25, 0.3) is 144 Å². The summed E-state index contributed by atoms with van der Waals surface area (Å²) < 4.78 is 16.8. The third kappa shape index (κ3) is 9.42. The number of nitrogens with zero attached hydrogens (tertiary/aromatic N) is 5. The normalized spacial score (nSPS) is 13.3. The maximum atomic E-state index is 7.38. The van der Waals surface area contributed by atoms with Gasteiger partial charge in [-0.1, -0.05) is 285 Å². The Morgan fingerprint density at radius 2 is 0.607 bits per heavy atom. The third-order valence-electron chi connectivity index (χ3n) is 22.4. The topological polar surface area (TPSA) is 82.9 Å². The molecule has 0 fully saturated rings. The molecule has 0 radical (unpaired) electrons. The zero-order valence-electron chi connectivity index (χ0n) is 57.5. The lowest BCUT2D eigenvalue weighted by atomic mass is 9.65. The molecule has 2 aliphatic heterocycles. The Labute approximate surface area is 621 Å². The fourth-order valence-corrected chi connectivity index (χ4v) is 18.7. The average Bonchev–Trinajstić information content (AvgIpc) is 1.56. The van der Waals surface area contributed by atoms with Crippen molar-refractivity contribution in [1.29, 1.82) is 0 Å². The molecule has 4 aromatic heterocycles. The van der Waals surface area contributed by atoms with Gasteiger partial charge in [0, 0.05) is 76.4 Å². The van der Waals surface area contributed by atoms with Crippen LogP contribution in [-0.2, 0) is 10.8 Å². The summed E-state index contributed by atoms with van der Waals surface area (Å²) in [5.74, 6) is 4.59. The highest BCUT2D eigenvalue weighted by Crippen LogP contribution is 2.65. The van der Waals surface area contributed by atoms with Gasteiger partial charge >= 0.3 is 0 Å². The van der Waals surface area contributed by atoms with Crippen molar-refractivity contribution in [3.05, 3.63) is 403 Å². The van der Waals surface area contributed by atoms with Gasteiger partial charge in [-0.2, -0.15) is 0 Å². The fourth-order valence-electron chi connectivity index (χ4n) is 17.5. The van der Waals surface area contributed by atoms with E-state index in [1.165, 1.54) is 64.7 Å². The minimum absolute atomic E-state index is 0.531. The van der Waals surface area contributed by atoms with Gasteiger partial charge in [0.25, 0.3) is 0 Å². The molecule has 0 N–H and O–H groups in total. The first-order valence-corrected chi connectivity index (χ1v) is 37.0. The molecule has 107 heavy (non-hydrogen) atoms. The van der Waals surface area contributed by atoms with Crippen molar-refractivity contribution in [1.82, 2.24) is 24.9 Å². The summed E-state index contributed by atoms with van der Waals surface area (Å²) in [6.07, 6.45) is 1.80. The lowest BCUT2D eigenvalue weighted by molar-refractivity contribution is 0.436. The van der Waals surface area contributed by atoms with Crippen molar-refractivity contribution >= 4 is 31.5 Å². The number of rotatable bonds is 9. The van der Waals surface area contributed by atoms with Crippen molar-refractivity contribution < 1.29 is 9.47 Å². The summed E-state index contributed by atoms with van der Waals surface area (Å²) in [4.78, 5) is 25.8. The number of pyridine rings is 1. The summed E-state index contributed by atoms with van der Waals surface area (Å²) in [6, 6.07) is 126. The Kier molecular flexibility index (Phi) is 13.6. The maximum Gasteiger partial charge on any atom is 0.160 e. The Morgan fingerprint density at radius 3 is 1.18 bits per heavy atom. The van der Waals surface area contributed by atoms with E-state index in [0.717, 1.165) is 135 Å². The van der Waals surface area contributed by atoms with E-state index in [0.29, 0.717) is 11.6 Å². The van der Waals surface area contributed by atoms with Crippen molar-refractivity contribution in [2.24, 2.45) is 0 Å². The number of thiophene rings is 1. The third-order valence-corrected chi connectivity index (χ3v) is 23.5. The van der Waals surface area contributed by atoms with Gasteiger partial charge in [0.1, 0.15) is 23.0 Å². The first-order valence-electron chi connectivity index (χ1n) is 36.2. The molecular weight excluding hydrogens is 1320 g/mol. The van der Waals surface area contributed by atoms with Crippen LogP contribution in [0.2, 0.25) is 0 Å². The van der Waals surface area contributed by atoms with Crippen LogP contribution in [0.5, 0.6) is 23.0 Å². The number of benzene rings is 14. The van der Waals surface area contributed by atoms with Crippen molar-refractivity contribution in [3.8, 4) is 147 Å². The first-order chi connectivity index (χ1) is 53.0. The minimum atomic E-state index is -0.670. The molecule has 0 atom stereocenters. The number of aromatic nitrogens is 5. The number of para-hydroxylation sites is 1. The summed E-state index contributed by atoms with van der Waals surface area (Å²) in [7, 11) is 0. The van der Waals surface area contributed by atoms with E-state index in [1.54, 1.807) is 6.20 Å². The number of hydrogen-bond acceptors (Lipinski definition) is 8. The standard InChI is InChI=1S/C99H59N5O2S/c1-2-19-64(20-3-1)96-101-87(59-89(104-96)85-33-16-17-52-100-85)63-42-38-61(39-43-63)67-46-50-83-92(55-67)106-93-56-68(47-51-84(93)99(83)79-30-11-6-25-73(79)74-26-7-12-31-80(74)99)65-21-18-22-70(53-65)97-102-86(58-88(103-97)69-44-48-76-75-27-8-15-35-94(75)107-95(76)57-69)62-40-36-60(37-41-62)66-45-49-82-91(54-66)105-90-34-14-13-32-81(90)98(82)77-28-9-4-23-71(77)72-24-5-10-29-78(72)98/h1-59H. The molecule has 2 aliphatic carbocycles. The smallest absolute Gasteiger partial charge is 0.160 e. The molecule has 6 heterocycles. The minimum Gasteiger partial charge on any atom is -0.457 e. The van der Waals surface area contributed by atoms with E-state index in [1.807, 2.05) is 65.9 Å². The van der Waals surface area contributed by atoms with Crippen molar-refractivity contribution in [3.63, 3.8) is 0 Å². The molecule has 0 saturated carbocycles. The molecule has 0 bridgehead atoms. The molecule has 22 rings (SSSR count). The quantitative estimate of drug-likeness (QED) is 0.142. The van der Waals surface area contributed by atoms with Crippen LogP contribution in [0, 0.1) is 0 Å². The summed E-state index contributed by atoms with van der Waals surface area (Å²) in [5.41, 5.74) is 28.3. The lowest BCUT2D eigenvalue weighted by Gasteiger charge is -2.39. The van der Waals surface area contributed by atoms with Crippen LogP contribution in [0.1, 0.15) is 44.5 Å². The highest BCUT2D eigenvalue weighted by molar-refractivity contribution is 7.25. The van der Waals surface area contributed by atoms with Crippen LogP contribution in [-0.4, -0.2) is 24.9 Å². The van der Waals surface area contributed by atoms with Crippen molar-refractivity contribution in [2.75, 3.05) is 0 Å². The fraction of sp³-hybridized carbons (Fsp3) is 0.0202. The number of fused-ring (bicyclic) bond motifs is 21. The second-order valence-corrected chi connectivity index (χ2v) is 29.1. The highest BCUT2D eigenvalue weighted by Gasteiger charge is 2.53. The average molecular weight is 1380 g/mol. The van der Waals surface area contributed by atoms with Gasteiger partial charge in [0.15, 0.2) is 11.6 Å². The van der Waals surface area contributed by atoms with Gasteiger partial charge in [0.05, 0.1) is 39.3 Å². The predicted molar refractivity (Wildman–Crippen MR) is 432 cm³/mol. The first kappa shape index (κ1) is 60.8. The summed E-state index contributed by atoms with van der Waals surface area (Å²) in [5, 5.41) is 2.50. The lowest BCUT2D eigenvalue weighted by Crippen LogP contribution is -2.32. The molecule has 18 aromatic rings. The van der Waals surface area contributed by atoms with Gasteiger partial charge in [-0.15, -0.1) is 11.3 Å². The van der Waals surface area contributed by atoms with Gasteiger partial charge in [-0.05, 0) is 145 Å². The van der Waals surface area contributed by atoms with E-state index in [4.69, 9.17) is 29.4 Å². The van der Waals surface area contributed by atoms with E-state index < -0.39 is 10.8 Å². The molecule has 0 amide bonds. The predicted octanol–water partition coefficient (Wildman–Crippen LogP) is 25.0. The molecule has 8 heteroatoms. The Morgan fingerprint density at radius 1 is 0.215 bits per heavy atom. The number of hydrogen-bond donors (Lipinski definition) is 0. The van der Waals surface area contributed by atoms with Gasteiger partial charge in [-0.25, -0.2) is 19.9 Å². The zero-order valence-corrected chi connectivity index (χ0v) is 58.3. The molecular formula is C99H59N5O2S. The second kappa shape index (κ2) is 23.9. The number of ether oxygens (including phenoxy) is 2. The summed E-state index contributed by atoms with van der Waals surface area (Å²) in [6.45, 7) is 0. The van der Waals surface area contributed by atoms with E-state index >= 15 is 0 Å². The Bertz CT molecular complexity index is 6560. The highest BCUT2D eigenvalue weighted by atomic mass is 32.1. The van der Waals surface area contributed by atoms with Gasteiger partial charge in [-0.3, -0.25) is 4.98 Å². The van der Waals surface area contributed by atoms with E-state index in [2.05, 4.69) is 302 Å². The van der Waals surface area contributed by atoms with Crippen LogP contribution in [0.4, 0.5) is 0 Å².